The lowest BCUT2D eigenvalue weighted by Crippen LogP contribution is -2.29. The Morgan fingerprint density at radius 3 is 2.14 bits per heavy atom. The zero-order chi connectivity index (χ0) is 26.2. The molecule has 0 aliphatic carbocycles. The number of ether oxygens (including phenoxy) is 1. The number of anilines is 1. The van der Waals surface area contributed by atoms with Crippen molar-refractivity contribution in [2.24, 2.45) is 0 Å². The number of aliphatic hydroxyl groups excluding tert-OH is 1. The first-order valence-electron chi connectivity index (χ1n) is 12.2. The first-order valence-corrected chi connectivity index (χ1v) is 12.2. The summed E-state index contributed by atoms with van der Waals surface area (Å²) in [5.74, 6) is -0.711. The van der Waals surface area contributed by atoms with Gasteiger partial charge >= 0.3 is 0 Å². The van der Waals surface area contributed by atoms with Gasteiger partial charge in [-0.3, -0.25) is 14.5 Å². The molecule has 186 valence electrons. The van der Waals surface area contributed by atoms with E-state index in [0.29, 0.717) is 17.0 Å². The lowest BCUT2D eigenvalue weighted by atomic mass is 9.87. The van der Waals surface area contributed by atoms with Crippen LogP contribution in [0, 0.1) is 0 Å². The van der Waals surface area contributed by atoms with Gasteiger partial charge in [0.05, 0.1) is 18.7 Å². The van der Waals surface area contributed by atoms with Crippen LogP contribution in [-0.2, 0) is 15.0 Å². The Hall–Kier alpha value is -3.86. The van der Waals surface area contributed by atoms with Crippen LogP contribution in [0.3, 0.4) is 0 Å². The van der Waals surface area contributed by atoms with Crippen LogP contribution in [0.1, 0.15) is 68.8 Å². The first kappa shape index (κ1) is 25.2. The van der Waals surface area contributed by atoms with Crippen LogP contribution < -0.4 is 9.64 Å². The Morgan fingerprint density at radius 1 is 0.944 bits per heavy atom. The fraction of sp³-hybridized carbons (Fsp3) is 0.290. The number of ketones is 1. The van der Waals surface area contributed by atoms with Crippen molar-refractivity contribution >= 4 is 23.1 Å². The molecule has 1 fully saturated rings. The standard InChI is InChI=1S/C31H33NO4/c1-19(2)24-18-21(12-17-25(24)36-6)28(33)26-27(20-10-8-7-9-11-20)32(30(35)29(26)34)23-15-13-22(14-16-23)31(3,4)5/h7-19,27,33H,1-6H3/b28-26-. The predicted molar refractivity (Wildman–Crippen MR) is 143 cm³/mol. The maximum atomic E-state index is 13.4. The largest absolute Gasteiger partial charge is 0.507 e. The normalized spacial score (nSPS) is 17.6. The second-order valence-electron chi connectivity index (χ2n) is 10.5. The number of aliphatic hydroxyl groups is 1. The van der Waals surface area contributed by atoms with E-state index in [4.69, 9.17) is 4.74 Å². The van der Waals surface area contributed by atoms with Gasteiger partial charge < -0.3 is 9.84 Å². The number of carbonyl (C=O) groups excluding carboxylic acids is 2. The van der Waals surface area contributed by atoms with Crippen LogP contribution in [0.4, 0.5) is 5.69 Å². The molecule has 3 aromatic carbocycles. The average Bonchev–Trinajstić information content (AvgIpc) is 3.13. The summed E-state index contributed by atoms with van der Waals surface area (Å²) in [5.41, 5.74) is 3.88. The van der Waals surface area contributed by atoms with E-state index < -0.39 is 17.7 Å². The molecule has 1 atom stereocenters. The van der Waals surface area contributed by atoms with Crippen molar-refractivity contribution in [3.05, 3.63) is 101 Å². The lowest BCUT2D eigenvalue weighted by Gasteiger charge is -2.26. The van der Waals surface area contributed by atoms with Crippen molar-refractivity contribution in [3.8, 4) is 5.75 Å². The van der Waals surface area contributed by atoms with E-state index in [0.717, 1.165) is 16.7 Å². The van der Waals surface area contributed by atoms with E-state index in [1.807, 2.05) is 74.5 Å². The molecular weight excluding hydrogens is 450 g/mol. The molecule has 1 amide bonds. The quantitative estimate of drug-likeness (QED) is 0.248. The zero-order valence-electron chi connectivity index (χ0n) is 21.7. The van der Waals surface area contributed by atoms with Crippen molar-refractivity contribution in [1.82, 2.24) is 0 Å². The minimum absolute atomic E-state index is 0.0476. The number of benzene rings is 3. The number of carbonyl (C=O) groups is 2. The average molecular weight is 484 g/mol. The Bertz CT molecular complexity index is 1310. The fourth-order valence-electron chi connectivity index (χ4n) is 4.66. The molecule has 1 unspecified atom stereocenters. The Kier molecular flexibility index (Phi) is 6.77. The molecule has 5 heteroatoms. The van der Waals surface area contributed by atoms with Gasteiger partial charge in [0.2, 0.25) is 0 Å². The maximum absolute atomic E-state index is 13.4. The fourth-order valence-corrected chi connectivity index (χ4v) is 4.66. The number of amides is 1. The molecule has 1 saturated heterocycles. The monoisotopic (exact) mass is 483 g/mol. The van der Waals surface area contributed by atoms with Crippen molar-refractivity contribution in [3.63, 3.8) is 0 Å². The Labute approximate surface area is 213 Å². The highest BCUT2D eigenvalue weighted by molar-refractivity contribution is 6.51. The van der Waals surface area contributed by atoms with Gasteiger partial charge in [-0.15, -0.1) is 0 Å². The SMILES string of the molecule is COc1ccc(/C(O)=C2/C(=O)C(=O)N(c3ccc(C(C)(C)C)cc3)C2c2ccccc2)cc1C(C)C. The van der Waals surface area contributed by atoms with Crippen molar-refractivity contribution in [2.45, 2.75) is 52.0 Å². The molecule has 1 heterocycles. The van der Waals surface area contributed by atoms with Crippen molar-refractivity contribution < 1.29 is 19.4 Å². The summed E-state index contributed by atoms with van der Waals surface area (Å²) in [5, 5.41) is 11.5. The van der Waals surface area contributed by atoms with Crippen LogP contribution in [0.25, 0.3) is 5.76 Å². The van der Waals surface area contributed by atoms with E-state index in [2.05, 4.69) is 20.8 Å². The molecule has 36 heavy (non-hydrogen) atoms. The number of hydrogen-bond donors (Lipinski definition) is 1. The highest BCUT2D eigenvalue weighted by Gasteiger charge is 2.47. The molecule has 1 aliphatic rings. The van der Waals surface area contributed by atoms with Gasteiger partial charge in [-0.05, 0) is 58.4 Å². The Balaban J connectivity index is 1.90. The number of hydrogen-bond acceptors (Lipinski definition) is 4. The summed E-state index contributed by atoms with van der Waals surface area (Å²) in [4.78, 5) is 28.3. The second-order valence-corrected chi connectivity index (χ2v) is 10.5. The molecule has 1 N–H and O–H groups in total. The van der Waals surface area contributed by atoms with E-state index in [-0.39, 0.29) is 22.7 Å². The molecule has 0 spiro atoms. The molecule has 3 aromatic rings. The highest BCUT2D eigenvalue weighted by atomic mass is 16.5. The van der Waals surface area contributed by atoms with Crippen molar-refractivity contribution in [1.29, 1.82) is 0 Å². The first-order chi connectivity index (χ1) is 17.0. The molecule has 0 saturated carbocycles. The van der Waals surface area contributed by atoms with E-state index in [9.17, 15) is 14.7 Å². The Morgan fingerprint density at radius 2 is 1.58 bits per heavy atom. The summed E-state index contributed by atoms with van der Waals surface area (Å²) in [6.45, 7) is 10.4. The smallest absolute Gasteiger partial charge is 0.300 e. The maximum Gasteiger partial charge on any atom is 0.300 e. The zero-order valence-corrected chi connectivity index (χ0v) is 21.7. The van der Waals surface area contributed by atoms with Crippen LogP contribution in [-0.4, -0.2) is 23.9 Å². The summed E-state index contributed by atoms with van der Waals surface area (Å²) < 4.78 is 5.48. The van der Waals surface area contributed by atoms with Crippen LogP contribution in [0.5, 0.6) is 5.75 Å². The predicted octanol–water partition coefficient (Wildman–Crippen LogP) is 6.74. The number of rotatable bonds is 5. The molecule has 0 radical (unpaired) electrons. The van der Waals surface area contributed by atoms with Crippen LogP contribution in [0.2, 0.25) is 0 Å². The molecule has 4 rings (SSSR count). The minimum atomic E-state index is -0.753. The van der Waals surface area contributed by atoms with Gasteiger partial charge in [0, 0.05) is 11.3 Å². The van der Waals surface area contributed by atoms with Crippen molar-refractivity contribution in [2.75, 3.05) is 12.0 Å². The van der Waals surface area contributed by atoms with Gasteiger partial charge in [0.15, 0.2) is 0 Å². The van der Waals surface area contributed by atoms with Gasteiger partial charge in [0.25, 0.3) is 11.7 Å². The third-order valence-electron chi connectivity index (χ3n) is 6.70. The highest BCUT2D eigenvalue weighted by Crippen LogP contribution is 2.43. The van der Waals surface area contributed by atoms with Gasteiger partial charge in [-0.1, -0.05) is 77.1 Å². The van der Waals surface area contributed by atoms with E-state index in [1.165, 1.54) is 4.90 Å². The summed E-state index contributed by atoms with van der Waals surface area (Å²) in [6.07, 6.45) is 0. The van der Waals surface area contributed by atoms with Crippen LogP contribution >= 0.6 is 0 Å². The number of methoxy groups -OCH3 is 1. The van der Waals surface area contributed by atoms with E-state index >= 15 is 0 Å². The van der Waals surface area contributed by atoms with Gasteiger partial charge in [0.1, 0.15) is 11.5 Å². The van der Waals surface area contributed by atoms with Gasteiger partial charge in [-0.25, -0.2) is 0 Å². The lowest BCUT2D eigenvalue weighted by molar-refractivity contribution is -0.132. The molecule has 5 nitrogen and oxygen atoms in total. The number of nitrogens with zero attached hydrogens (tertiary/aromatic N) is 1. The van der Waals surface area contributed by atoms with Gasteiger partial charge in [-0.2, -0.15) is 0 Å². The third-order valence-corrected chi connectivity index (χ3v) is 6.70. The third kappa shape index (κ3) is 4.53. The van der Waals surface area contributed by atoms with E-state index in [1.54, 1.807) is 19.2 Å². The number of Topliss-reactive ketones (excluding diaryl/α,β-unsaturated/α-hetero) is 1. The molecular formula is C31H33NO4. The topological polar surface area (TPSA) is 66.8 Å². The molecule has 0 bridgehead atoms. The summed E-state index contributed by atoms with van der Waals surface area (Å²) in [6, 6.07) is 21.6. The molecule has 0 aromatic heterocycles. The summed E-state index contributed by atoms with van der Waals surface area (Å²) >= 11 is 0. The molecule has 1 aliphatic heterocycles. The van der Waals surface area contributed by atoms with Crippen LogP contribution in [0.15, 0.2) is 78.4 Å². The second kappa shape index (κ2) is 9.65. The minimum Gasteiger partial charge on any atom is -0.507 e. The summed E-state index contributed by atoms with van der Waals surface area (Å²) in [7, 11) is 1.60.